The number of pyridine rings is 1. The molecular weight excluding hydrogens is 270 g/mol. The predicted molar refractivity (Wildman–Crippen MR) is 84.9 cm³/mol. The molecule has 1 aromatic carbocycles. The number of benzene rings is 1. The Bertz CT molecular complexity index is 649. The van der Waals surface area contributed by atoms with E-state index < -0.39 is 0 Å². The van der Waals surface area contributed by atoms with E-state index in [1.807, 2.05) is 6.07 Å². The molecule has 0 radical (unpaired) electrons. The molecule has 0 bridgehead atoms. The summed E-state index contributed by atoms with van der Waals surface area (Å²) in [5.41, 5.74) is 1.80. The lowest BCUT2D eigenvalue weighted by atomic mass is 10.2. The van der Waals surface area contributed by atoms with Gasteiger partial charge in [-0.15, -0.1) is 6.42 Å². The summed E-state index contributed by atoms with van der Waals surface area (Å²) in [7, 11) is -0.267. The van der Waals surface area contributed by atoms with Crippen LogP contribution in [0, 0.1) is 18.2 Å². The smallest absolute Gasteiger partial charge is 0.147 e. The van der Waals surface area contributed by atoms with Gasteiger partial charge in [0.25, 0.3) is 0 Å². The van der Waals surface area contributed by atoms with Gasteiger partial charge in [-0.2, -0.15) is 0 Å². The molecule has 1 N–H and O–H groups in total. The summed E-state index contributed by atoms with van der Waals surface area (Å²) in [6.07, 6.45) is 9.84. The highest BCUT2D eigenvalue weighted by molar-refractivity contribution is 7.65. The van der Waals surface area contributed by atoms with Crippen LogP contribution in [-0.4, -0.2) is 17.8 Å². The summed E-state index contributed by atoms with van der Waals surface area (Å²) < 4.78 is 14.0. The van der Waals surface area contributed by atoms with Gasteiger partial charge in [-0.05, 0) is 37.1 Å². The van der Waals surface area contributed by atoms with Gasteiger partial charge in [-0.25, -0.2) is 4.39 Å². The summed E-state index contributed by atoms with van der Waals surface area (Å²) in [5.74, 6) is 2.07. The summed E-state index contributed by atoms with van der Waals surface area (Å²) in [5, 5.41) is 4.31. The number of anilines is 2. The van der Waals surface area contributed by atoms with Gasteiger partial charge in [0.2, 0.25) is 0 Å². The average molecular weight is 286 g/mol. The number of nitrogens with zero attached hydrogens (tertiary/aromatic N) is 1. The minimum Gasteiger partial charge on any atom is -0.351 e. The van der Waals surface area contributed by atoms with Gasteiger partial charge < -0.3 is 5.32 Å². The van der Waals surface area contributed by atoms with Crippen LogP contribution in [0.4, 0.5) is 15.8 Å². The van der Waals surface area contributed by atoms with E-state index in [4.69, 9.17) is 6.42 Å². The van der Waals surface area contributed by atoms with Crippen LogP contribution in [0.15, 0.2) is 36.7 Å². The fourth-order valence-corrected chi connectivity index (χ4v) is 3.02. The normalized spacial score (nSPS) is 11.7. The van der Waals surface area contributed by atoms with Gasteiger partial charge in [-0.1, -0.05) is 20.8 Å². The van der Waals surface area contributed by atoms with Crippen LogP contribution >= 0.6 is 7.92 Å². The zero-order chi connectivity index (χ0) is 14.5. The highest BCUT2D eigenvalue weighted by atomic mass is 31.1. The molecule has 1 atom stereocenters. The van der Waals surface area contributed by atoms with Crippen LogP contribution in [0.25, 0.3) is 0 Å². The molecular formula is C16H16FN2P. The molecule has 0 saturated heterocycles. The first kappa shape index (κ1) is 14.5. The number of aromatic nitrogens is 1. The lowest BCUT2D eigenvalue weighted by Gasteiger charge is -2.16. The number of hydrogen-bond acceptors (Lipinski definition) is 2. The second kappa shape index (κ2) is 6.50. The lowest BCUT2D eigenvalue weighted by Crippen LogP contribution is -2.09. The monoisotopic (exact) mass is 286 g/mol. The Kier molecular flexibility index (Phi) is 4.71. The van der Waals surface area contributed by atoms with Crippen LogP contribution in [0.1, 0.15) is 12.5 Å². The summed E-state index contributed by atoms with van der Waals surface area (Å²) in [6.45, 7) is 4.35. The third kappa shape index (κ3) is 3.15. The topological polar surface area (TPSA) is 24.9 Å². The Morgan fingerprint density at radius 3 is 2.80 bits per heavy atom. The second-order valence-corrected chi connectivity index (χ2v) is 6.88. The first-order chi connectivity index (χ1) is 9.65. The fraction of sp³-hybridized carbons (Fsp3) is 0.188. The molecule has 102 valence electrons. The Labute approximate surface area is 120 Å². The van der Waals surface area contributed by atoms with Gasteiger partial charge in [0.15, 0.2) is 0 Å². The van der Waals surface area contributed by atoms with Crippen molar-refractivity contribution in [1.29, 1.82) is 0 Å². The Balaban J connectivity index is 2.33. The molecule has 0 fully saturated rings. The maximum atomic E-state index is 14.0. The van der Waals surface area contributed by atoms with E-state index >= 15 is 0 Å². The van der Waals surface area contributed by atoms with Gasteiger partial charge in [0, 0.05) is 17.1 Å². The summed E-state index contributed by atoms with van der Waals surface area (Å²) in [4.78, 5) is 4.11. The Morgan fingerprint density at radius 2 is 2.15 bits per heavy atom. The molecule has 2 aromatic rings. The molecule has 0 saturated carbocycles. The van der Waals surface area contributed by atoms with Crippen molar-refractivity contribution in [2.75, 3.05) is 18.1 Å². The summed E-state index contributed by atoms with van der Waals surface area (Å²) >= 11 is 0. The summed E-state index contributed by atoms with van der Waals surface area (Å²) in [6, 6.07) is 6.72. The number of hydrogen-bond donors (Lipinski definition) is 1. The van der Waals surface area contributed by atoms with Crippen molar-refractivity contribution in [3.05, 3.63) is 48.0 Å². The van der Waals surface area contributed by atoms with E-state index in [0.717, 1.165) is 11.8 Å². The van der Waals surface area contributed by atoms with Crippen LogP contribution in [0.5, 0.6) is 0 Å². The van der Waals surface area contributed by atoms with Crippen molar-refractivity contribution < 1.29 is 4.39 Å². The van der Waals surface area contributed by atoms with Crippen molar-refractivity contribution in [1.82, 2.24) is 4.98 Å². The predicted octanol–water partition coefficient (Wildman–Crippen LogP) is 3.70. The number of terminal acetylenes is 1. The van der Waals surface area contributed by atoms with E-state index in [9.17, 15) is 4.39 Å². The van der Waals surface area contributed by atoms with E-state index in [1.54, 1.807) is 24.5 Å². The lowest BCUT2D eigenvalue weighted by molar-refractivity contribution is 0.631. The molecule has 2 nitrogen and oxygen atoms in total. The molecule has 20 heavy (non-hydrogen) atoms. The molecule has 0 amide bonds. The Hall–Kier alpha value is -1.91. The number of nitrogens with one attached hydrogen (secondary N) is 1. The molecule has 0 aliphatic carbocycles. The average Bonchev–Trinajstić information content (AvgIpc) is 2.49. The van der Waals surface area contributed by atoms with Crippen molar-refractivity contribution in [2.45, 2.75) is 6.92 Å². The zero-order valence-electron chi connectivity index (χ0n) is 11.5. The maximum Gasteiger partial charge on any atom is 0.147 e. The molecule has 1 heterocycles. The molecule has 2 rings (SSSR count). The molecule has 0 aliphatic heterocycles. The first-order valence-corrected chi connectivity index (χ1v) is 8.31. The van der Waals surface area contributed by atoms with Crippen LogP contribution in [0.2, 0.25) is 0 Å². The maximum absolute atomic E-state index is 14.0. The van der Waals surface area contributed by atoms with E-state index in [2.05, 4.69) is 29.8 Å². The molecule has 0 spiro atoms. The fourth-order valence-electron chi connectivity index (χ4n) is 1.84. The largest absolute Gasteiger partial charge is 0.351 e. The number of rotatable bonds is 4. The highest BCUT2D eigenvalue weighted by Crippen LogP contribution is 2.33. The molecule has 1 aromatic heterocycles. The van der Waals surface area contributed by atoms with Crippen molar-refractivity contribution in [3.8, 4) is 12.3 Å². The van der Waals surface area contributed by atoms with Crippen molar-refractivity contribution >= 4 is 24.6 Å². The number of halogens is 1. The Morgan fingerprint density at radius 1 is 1.35 bits per heavy atom. The van der Waals surface area contributed by atoms with Gasteiger partial charge in [0.05, 0.1) is 17.6 Å². The standard InChI is InChI=1S/C16H16FN2P/c1-4-12-6-7-14(13(17)10-12)19-15-11-18-9-8-16(15)20(3)5-2/h1,6-11,19H,5H2,2-3H3. The van der Waals surface area contributed by atoms with Crippen LogP contribution in [-0.2, 0) is 0 Å². The first-order valence-electron chi connectivity index (χ1n) is 6.34. The minimum atomic E-state index is -0.354. The van der Waals surface area contributed by atoms with Gasteiger partial charge >= 0.3 is 0 Å². The van der Waals surface area contributed by atoms with E-state index in [-0.39, 0.29) is 13.7 Å². The zero-order valence-corrected chi connectivity index (χ0v) is 12.4. The third-order valence-electron chi connectivity index (χ3n) is 3.09. The third-order valence-corrected chi connectivity index (χ3v) is 5.25. The molecule has 4 heteroatoms. The minimum absolute atomic E-state index is 0.267. The quantitative estimate of drug-likeness (QED) is 0.684. The second-order valence-electron chi connectivity index (χ2n) is 4.37. The van der Waals surface area contributed by atoms with Crippen LogP contribution < -0.4 is 10.6 Å². The van der Waals surface area contributed by atoms with Crippen molar-refractivity contribution in [2.24, 2.45) is 0 Å². The molecule has 0 aliphatic rings. The van der Waals surface area contributed by atoms with Gasteiger partial charge in [-0.3, -0.25) is 4.98 Å². The van der Waals surface area contributed by atoms with E-state index in [0.29, 0.717) is 11.3 Å². The van der Waals surface area contributed by atoms with Gasteiger partial charge in [0.1, 0.15) is 5.82 Å². The van der Waals surface area contributed by atoms with E-state index in [1.165, 1.54) is 11.4 Å². The highest BCUT2D eigenvalue weighted by Gasteiger charge is 2.10. The van der Waals surface area contributed by atoms with Crippen LogP contribution in [0.3, 0.4) is 0 Å². The molecule has 1 unspecified atom stereocenters. The van der Waals surface area contributed by atoms with Crippen molar-refractivity contribution in [3.63, 3.8) is 0 Å². The SMILES string of the molecule is C#Cc1ccc(Nc2cnccc2P(C)CC)c(F)c1.